The van der Waals surface area contributed by atoms with E-state index in [1.54, 1.807) is 24.3 Å². The van der Waals surface area contributed by atoms with Crippen LogP contribution >= 0.6 is 0 Å². The van der Waals surface area contributed by atoms with Crippen molar-refractivity contribution in [3.05, 3.63) is 29.8 Å². The van der Waals surface area contributed by atoms with Crippen molar-refractivity contribution in [1.82, 2.24) is 0 Å². The van der Waals surface area contributed by atoms with Crippen LogP contribution in [0.5, 0.6) is 0 Å². The predicted molar refractivity (Wildman–Crippen MR) is 91.2 cm³/mol. The molecular weight excluding hydrogens is 342 g/mol. The van der Waals surface area contributed by atoms with Crippen LogP contribution in [0.2, 0.25) is 0 Å². The molecule has 1 aliphatic carbocycles. The molecule has 144 valence electrons. The van der Waals surface area contributed by atoms with Gasteiger partial charge in [-0.1, -0.05) is 6.42 Å². The Morgan fingerprint density at radius 2 is 1.81 bits per heavy atom. The monoisotopic (exact) mass is 367 g/mol. The fourth-order valence-electron chi connectivity index (χ4n) is 3.17. The number of carbonyl (C=O) groups excluding carboxylic acids is 1. The Morgan fingerprint density at radius 1 is 1.12 bits per heavy atom. The quantitative estimate of drug-likeness (QED) is 0.434. The highest BCUT2D eigenvalue weighted by atomic mass is 16.8. The van der Waals surface area contributed by atoms with Gasteiger partial charge < -0.3 is 24.8 Å². The van der Waals surface area contributed by atoms with E-state index in [-0.39, 0.29) is 12.1 Å². The normalized spacial score (nSPS) is 29.5. The van der Waals surface area contributed by atoms with Gasteiger partial charge in [0.1, 0.15) is 24.4 Å². The van der Waals surface area contributed by atoms with Crippen molar-refractivity contribution in [2.75, 3.05) is 12.1 Å². The summed E-state index contributed by atoms with van der Waals surface area (Å²) in [5.41, 5.74) is 3.59. The smallest absolute Gasteiger partial charge is 0.338 e. The lowest BCUT2D eigenvalue weighted by Gasteiger charge is -2.21. The topological polar surface area (TPSA) is 117 Å². The average molecular weight is 367 g/mol. The summed E-state index contributed by atoms with van der Waals surface area (Å²) in [7, 11) is 0. The molecule has 1 saturated heterocycles. The van der Waals surface area contributed by atoms with E-state index in [0.29, 0.717) is 11.3 Å². The van der Waals surface area contributed by atoms with Crippen molar-refractivity contribution in [2.24, 2.45) is 0 Å². The first-order valence-electron chi connectivity index (χ1n) is 8.93. The number of benzene rings is 1. The standard InChI is InChI=1S/C18H25NO7/c20-10-14-15(21)16(22)18(25-14)26-19-12-8-6-11(7-9-12)17(23)24-13-4-2-1-3-5-13/h6-9,13-16,18-22H,1-5,10H2/t14-,15+,16-,18?/m1/s1. The fourth-order valence-corrected chi connectivity index (χ4v) is 3.17. The van der Waals surface area contributed by atoms with E-state index in [0.717, 1.165) is 25.7 Å². The summed E-state index contributed by atoms with van der Waals surface area (Å²) in [6, 6.07) is 6.51. The Labute approximate surface area is 151 Å². The highest BCUT2D eigenvalue weighted by Crippen LogP contribution is 2.24. The number of carbonyl (C=O) groups is 1. The van der Waals surface area contributed by atoms with Gasteiger partial charge in [0.25, 0.3) is 0 Å². The summed E-state index contributed by atoms with van der Waals surface area (Å²) in [6.07, 6.45) is 0.735. The zero-order chi connectivity index (χ0) is 18.5. The Balaban J connectivity index is 1.49. The Bertz CT molecular complexity index is 588. The maximum absolute atomic E-state index is 12.2. The summed E-state index contributed by atoms with van der Waals surface area (Å²) in [4.78, 5) is 17.4. The second-order valence-electron chi connectivity index (χ2n) is 6.67. The summed E-state index contributed by atoms with van der Waals surface area (Å²) < 4.78 is 10.7. The SMILES string of the molecule is O=C(OC1CCCCC1)c1ccc(NOC2O[C@H](CO)[C@H](O)[C@H]2O)cc1. The first-order valence-corrected chi connectivity index (χ1v) is 8.93. The number of ether oxygens (including phenoxy) is 2. The van der Waals surface area contributed by atoms with Crippen LogP contribution in [-0.4, -0.2) is 58.6 Å². The van der Waals surface area contributed by atoms with Crippen molar-refractivity contribution in [1.29, 1.82) is 0 Å². The van der Waals surface area contributed by atoms with Gasteiger partial charge in [0, 0.05) is 0 Å². The first kappa shape index (κ1) is 19.1. The van der Waals surface area contributed by atoms with Gasteiger partial charge in [-0.2, -0.15) is 0 Å². The molecule has 1 saturated carbocycles. The first-order chi connectivity index (χ1) is 12.6. The van der Waals surface area contributed by atoms with Crippen LogP contribution < -0.4 is 5.48 Å². The van der Waals surface area contributed by atoms with E-state index in [2.05, 4.69) is 5.48 Å². The van der Waals surface area contributed by atoms with Crippen molar-refractivity contribution < 1.29 is 34.4 Å². The van der Waals surface area contributed by atoms with Gasteiger partial charge in [-0.25, -0.2) is 9.63 Å². The Morgan fingerprint density at radius 3 is 2.42 bits per heavy atom. The van der Waals surface area contributed by atoms with Crippen LogP contribution in [0.4, 0.5) is 5.69 Å². The lowest BCUT2D eigenvalue weighted by Crippen LogP contribution is -2.35. The van der Waals surface area contributed by atoms with Crippen LogP contribution in [0, 0.1) is 0 Å². The molecule has 1 aliphatic heterocycles. The minimum Gasteiger partial charge on any atom is -0.459 e. The Hall–Kier alpha value is -1.71. The second kappa shape index (κ2) is 8.79. The van der Waals surface area contributed by atoms with Crippen LogP contribution in [0.3, 0.4) is 0 Å². The minimum atomic E-state index is -1.27. The number of aliphatic hydroxyl groups excluding tert-OH is 3. The van der Waals surface area contributed by atoms with E-state index in [9.17, 15) is 15.0 Å². The van der Waals surface area contributed by atoms with E-state index >= 15 is 0 Å². The van der Waals surface area contributed by atoms with Crippen LogP contribution in [0.25, 0.3) is 0 Å². The largest absolute Gasteiger partial charge is 0.459 e. The number of hydrogen-bond acceptors (Lipinski definition) is 8. The molecule has 2 fully saturated rings. The highest BCUT2D eigenvalue weighted by Gasteiger charge is 2.43. The zero-order valence-corrected chi connectivity index (χ0v) is 14.4. The van der Waals surface area contributed by atoms with Crippen molar-refractivity contribution >= 4 is 11.7 Å². The Kier molecular flexibility index (Phi) is 6.44. The molecule has 1 aromatic carbocycles. The third kappa shape index (κ3) is 4.52. The molecule has 0 bridgehead atoms. The van der Waals surface area contributed by atoms with Crippen LogP contribution in [0.15, 0.2) is 24.3 Å². The summed E-state index contributed by atoms with van der Waals surface area (Å²) in [5, 5.41) is 28.5. The summed E-state index contributed by atoms with van der Waals surface area (Å²) in [5.74, 6) is -0.340. The van der Waals surface area contributed by atoms with E-state index < -0.39 is 31.2 Å². The molecule has 8 heteroatoms. The number of aliphatic hydroxyl groups is 3. The number of hydrogen-bond donors (Lipinski definition) is 4. The van der Waals surface area contributed by atoms with Gasteiger partial charge >= 0.3 is 5.97 Å². The minimum absolute atomic E-state index is 0.00397. The zero-order valence-electron chi connectivity index (χ0n) is 14.4. The molecule has 4 N–H and O–H groups in total. The average Bonchev–Trinajstić information content (AvgIpc) is 2.95. The fraction of sp³-hybridized carbons (Fsp3) is 0.611. The van der Waals surface area contributed by atoms with Crippen molar-refractivity contribution in [3.63, 3.8) is 0 Å². The van der Waals surface area contributed by atoms with E-state index in [1.807, 2.05) is 0 Å². The molecule has 26 heavy (non-hydrogen) atoms. The van der Waals surface area contributed by atoms with Gasteiger partial charge in [-0.05, 0) is 49.9 Å². The molecule has 2 aliphatic rings. The van der Waals surface area contributed by atoms with Crippen molar-refractivity contribution in [2.45, 2.75) is 62.8 Å². The molecule has 8 nitrogen and oxygen atoms in total. The number of esters is 1. The second-order valence-corrected chi connectivity index (χ2v) is 6.67. The summed E-state index contributed by atoms with van der Waals surface area (Å²) >= 11 is 0. The molecule has 0 radical (unpaired) electrons. The van der Waals surface area contributed by atoms with E-state index in [4.69, 9.17) is 19.4 Å². The van der Waals surface area contributed by atoms with Gasteiger partial charge in [0.05, 0.1) is 17.9 Å². The van der Waals surface area contributed by atoms with Crippen molar-refractivity contribution in [3.8, 4) is 0 Å². The molecule has 1 aromatic rings. The third-order valence-corrected chi connectivity index (χ3v) is 4.74. The number of rotatable bonds is 6. The molecular formula is C18H25NO7. The molecule has 1 heterocycles. The van der Waals surface area contributed by atoms with Gasteiger partial charge in [0.15, 0.2) is 0 Å². The number of nitrogens with one attached hydrogen (secondary N) is 1. The lowest BCUT2D eigenvalue weighted by atomic mass is 9.98. The van der Waals surface area contributed by atoms with Gasteiger partial charge in [-0.15, -0.1) is 0 Å². The van der Waals surface area contributed by atoms with Gasteiger partial charge in [0.2, 0.25) is 6.29 Å². The van der Waals surface area contributed by atoms with Crippen LogP contribution in [-0.2, 0) is 14.3 Å². The molecule has 0 amide bonds. The number of anilines is 1. The third-order valence-electron chi connectivity index (χ3n) is 4.74. The molecule has 1 unspecified atom stereocenters. The van der Waals surface area contributed by atoms with E-state index in [1.165, 1.54) is 6.42 Å². The maximum atomic E-state index is 12.2. The molecule has 0 aromatic heterocycles. The lowest BCUT2D eigenvalue weighted by molar-refractivity contribution is -0.153. The van der Waals surface area contributed by atoms with Crippen LogP contribution in [0.1, 0.15) is 42.5 Å². The predicted octanol–water partition coefficient (Wildman–Crippen LogP) is 0.959. The molecule has 0 spiro atoms. The molecule has 4 atom stereocenters. The highest BCUT2D eigenvalue weighted by molar-refractivity contribution is 5.89. The molecule has 3 rings (SSSR count). The van der Waals surface area contributed by atoms with Gasteiger partial charge in [-0.3, -0.25) is 5.48 Å². The summed E-state index contributed by atoms with van der Waals surface area (Å²) in [6.45, 7) is -0.421. The maximum Gasteiger partial charge on any atom is 0.338 e.